The van der Waals surface area contributed by atoms with Crippen LogP contribution in [0.15, 0.2) is 42.3 Å². The highest BCUT2D eigenvalue weighted by atomic mass is 16.5. The molecule has 0 fully saturated rings. The molecule has 13 nitrogen and oxygen atoms in total. The normalized spacial score (nSPS) is 22.4. The molecule has 0 radical (unpaired) electrons. The van der Waals surface area contributed by atoms with Gasteiger partial charge in [0, 0.05) is 11.3 Å². The van der Waals surface area contributed by atoms with Crippen LogP contribution in [0.1, 0.15) is 0 Å². The van der Waals surface area contributed by atoms with Crippen LogP contribution in [-0.4, -0.2) is 89.5 Å². The summed E-state index contributed by atoms with van der Waals surface area (Å²) in [6.45, 7) is -1.16. The minimum atomic E-state index is -1.80. The van der Waals surface area contributed by atoms with Gasteiger partial charge in [-0.3, -0.25) is 4.79 Å². The molecule has 1 aliphatic rings. The van der Waals surface area contributed by atoms with Gasteiger partial charge in [-0.05, 0) is 18.2 Å². The summed E-state index contributed by atoms with van der Waals surface area (Å²) < 4.78 is 6.40. The average Bonchev–Trinajstić information content (AvgIpc) is 3.22. The number of carbonyl (C=O) groups is 2. The number of benzene rings is 1. The van der Waals surface area contributed by atoms with E-state index in [0.29, 0.717) is 11.4 Å². The summed E-state index contributed by atoms with van der Waals surface area (Å²) in [6.07, 6.45) is -4.22. The highest BCUT2D eigenvalue weighted by Crippen LogP contribution is 2.23. The summed E-state index contributed by atoms with van der Waals surface area (Å²) in [5, 5.41) is 58.8. The number of carboxylic acid groups (broad SMARTS) is 1. The number of aliphatic carboxylic acids is 1. The number of hydrogen-bond acceptors (Lipinski definition) is 10. The van der Waals surface area contributed by atoms with Gasteiger partial charge in [-0.15, -0.1) is 5.10 Å². The molecule has 0 saturated carbocycles. The monoisotopic (exact) mass is 449 g/mol. The number of aliphatic hydroxyl groups excluding tert-OH is 4. The number of ether oxygens (including phenoxy) is 1. The maximum Gasteiger partial charge on any atom is 0.370 e. The molecule has 1 amide bonds. The lowest BCUT2D eigenvalue weighted by Crippen LogP contribution is -2.60. The van der Waals surface area contributed by atoms with Crippen molar-refractivity contribution in [2.24, 2.45) is 0 Å². The molecule has 3 rings (SSSR count). The number of nitrogens with two attached hydrogens (primary N) is 1. The third kappa shape index (κ3) is 5.20. The zero-order valence-electron chi connectivity index (χ0n) is 16.6. The van der Waals surface area contributed by atoms with Crippen molar-refractivity contribution in [2.45, 2.75) is 37.0 Å². The summed E-state index contributed by atoms with van der Waals surface area (Å²) in [5.41, 5.74) is 7.46. The minimum absolute atomic E-state index is 0.313. The van der Waals surface area contributed by atoms with Crippen LogP contribution >= 0.6 is 0 Å². The summed E-state index contributed by atoms with van der Waals surface area (Å²) in [6, 6.07) is 5.55. The van der Waals surface area contributed by atoms with E-state index in [0.717, 1.165) is 11.6 Å². The van der Waals surface area contributed by atoms with E-state index in [4.69, 9.17) is 20.7 Å². The van der Waals surface area contributed by atoms with Gasteiger partial charge in [-0.2, -0.15) is 0 Å². The fraction of sp³-hybridized carbons (Fsp3) is 0.368. The maximum absolute atomic E-state index is 12.5. The maximum atomic E-state index is 12.5. The standard InChI is InChI=1S/C19H23N5O8/c20-10-3-1-9(2-4-10)11-6-24(23-22-11)7-15(28)21-16-12(26)5-14(19(30)31)32-18(16)17(29)13(27)8-25/h1-6,12-13,16-18,25-27,29H,7-8,20H2,(H,21,28)(H,30,31). The molecular formula is C19H23N5O8. The molecule has 13 heteroatoms. The zero-order chi connectivity index (χ0) is 23.4. The van der Waals surface area contributed by atoms with Crippen molar-refractivity contribution < 1.29 is 39.9 Å². The quantitative estimate of drug-likeness (QED) is 0.208. The third-order valence-electron chi connectivity index (χ3n) is 4.81. The van der Waals surface area contributed by atoms with E-state index in [1.165, 1.54) is 10.9 Å². The number of rotatable bonds is 8. The molecule has 0 saturated heterocycles. The SMILES string of the molecule is Nc1ccc(-c2cn(CC(=O)NC3C(O)C=C(C(=O)O)OC3C(O)C(O)CO)nn2)cc1. The van der Waals surface area contributed by atoms with E-state index in [9.17, 15) is 24.9 Å². The van der Waals surface area contributed by atoms with Gasteiger partial charge in [-0.1, -0.05) is 17.3 Å². The Morgan fingerprint density at radius 1 is 1.25 bits per heavy atom. The first-order chi connectivity index (χ1) is 15.2. The number of aliphatic hydroxyl groups is 4. The Bertz CT molecular complexity index is 992. The number of carbonyl (C=O) groups excluding carboxylic acids is 1. The van der Waals surface area contributed by atoms with Crippen molar-refractivity contribution in [3.05, 3.63) is 42.3 Å². The van der Waals surface area contributed by atoms with Gasteiger partial charge in [0.15, 0.2) is 6.10 Å². The Morgan fingerprint density at radius 2 is 1.94 bits per heavy atom. The summed E-state index contributed by atoms with van der Waals surface area (Å²) >= 11 is 0. The molecule has 1 aromatic heterocycles. The van der Waals surface area contributed by atoms with Crippen molar-refractivity contribution >= 4 is 17.6 Å². The Balaban J connectivity index is 1.73. The van der Waals surface area contributed by atoms with Crippen LogP contribution in [0, 0.1) is 0 Å². The second kappa shape index (κ2) is 9.74. The third-order valence-corrected chi connectivity index (χ3v) is 4.81. The molecule has 172 valence electrons. The summed E-state index contributed by atoms with van der Waals surface area (Å²) in [5.74, 6) is -2.83. The van der Waals surface area contributed by atoms with Crippen LogP contribution in [0.5, 0.6) is 0 Å². The lowest BCUT2D eigenvalue weighted by molar-refractivity contribution is -0.149. The van der Waals surface area contributed by atoms with E-state index in [-0.39, 0.29) is 6.54 Å². The fourth-order valence-corrected chi connectivity index (χ4v) is 3.15. The van der Waals surface area contributed by atoms with Crippen LogP contribution in [0.2, 0.25) is 0 Å². The van der Waals surface area contributed by atoms with Crippen molar-refractivity contribution in [1.29, 1.82) is 0 Å². The van der Waals surface area contributed by atoms with Crippen molar-refractivity contribution in [3.8, 4) is 11.3 Å². The highest BCUT2D eigenvalue weighted by molar-refractivity contribution is 5.84. The van der Waals surface area contributed by atoms with Crippen molar-refractivity contribution in [1.82, 2.24) is 20.3 Å². The van der Waals surface area contributed by atoms with Gasteiger partial charge in [0.05, 0.1) is 18.8 Å². The van der Waals surface area contributed by atoms with Crippen molar-refractivity contribution in [3.63, 3.8) is 0 Å². The van der Waals surface area contributed by atoms with Crippen LogP contribution in [-0.2, 0) is 20.9 Å². The molecule has 2 aromatic rings. The molecule has 1 aromatic carbocycles. The van der Waals surface area contributed by atoms with E-state index < -0.39 is 54.7 Å². The number of nitrogen functional groups attached to an aromatic ring is 1. The van der Waals surface area contributed by atoms with Crippen molar-refractivity contribution in [2.75, 3.05) is 12.3 Å². The number of amides is 1. The fourth-order valence-electron chi connectivity index (χ4n) is 3.15. The van der Waals surface area contributed by atoms with Gasteiger partial charge in [0.25, 0.3) is 0 Å². The topological polar surface area (TPSA) is 213 Å². The number of hydrogen-bond donors (Lipinski definition) is 7. The number of carboxylic acids is 1. The number of nitrogens with zero attached hydrogens (tertiary/aromatic N) is 3. The van der Waals surface area contributed by atoms with Gasteiger partial charge in [-0.25, -0.2) is 9.48 Å². The Labute approximate surface area is 181 Å². The second-order valence-electron chi connectivity index (χ2n) is 7.17. The molecule has 32 heavy (non-hydrogen) atoms. The largest absolute Gasteiger partial charge is 0.478 e. The zero-order valence-corrected chi connectivity index (χ0v) is 16.6. The number of aromatic nitrogens is 3. The predicted molar refractivity (Wildman–Crippen MR) is 107 cm³/mol. The van der Waals surface area contributed by atoms with Crippen LogP contribution in [0.3, 0.4) is 0 Å². The van der Waals surface area contributed by atoms with E-state index >= 15 is 0 Å². The van der Waals surface area contributed by atoms with Gasteiger partial charge < -0.3 is 41.3 Å². The van der Waals surface area contributed by atoms with E-state index in [1.54, 1.807) is 24.3 Å². The van der Waals surface area contributed by atoms with Crippen LogP contribution in [0.25, 0.3) is 11.3 Å². The Kier molecular flexibility index (Phi) is 7.05. The Hall–Kier alpha value is -3.52. The lowest BCUT2D eigenvalue weighted by Gasteiger charge is -2.38. The first-order valence-corrected chi connectivity index (χ1v) is 9.52. The van der Waals surface area contributed by atoms with Crippen LogP contribution in [0.4, 0.5) is 5.69 Å². The molecule has 0 spiro atoms. The average molecular weight is 449 g/mol. The van der Waals surface area contributed by atoms with E-state index in [1.807, 2.05) is 0 Å². The van der Waals surface area contributed by atoms with Gasteiger partial charge in [0.2, 0.25) is 11.7 Å². The van der Waals surface area contributed by atoms with Gasteiger partial charge in [0.1, 0.15) is 30.6 Å². The second-order valence-corrected chi connectivity index (χ2v) is 7.17. The predicted octanol–water partition coefficient (Wildman–Crippen LogP) is -2.55. The van der Waals surface area contributed by atoms with Gasteiger partial charge >= 0.3 is 5.97 Å². The summed E-state index contributed by atoms with van der Waals surface area (Å²) in [7, 11) is 0. The number of anilines is 1. The molecule has 8 N–H and O–H groups in total. The van der Waals surface area contributed by atoms with E-state index in [2.05, 4.69) is 15.6 Å². The Morgan fingerprint density at radius 3 is 2.56 bits per heavy atom. The first-order valence-electron chi connectivity index (χ1n) is 9.52. The smallest absolute Gasteiger partial charge is 0.370 e. The molecule has 5 atom stereocenters. The first kappa shape index (κ1) is 23.1. The molecule has 1 aliphatic heterocycles. The number of nitrogens with one attached hydrogen (secondary N) is 1. The molecule has 0 aliphatic carbocycles. The molecule has 5 unspecified atom stereocenters. The molecular weight excluding hydrogens is 426 g/mol. The highest BCUT2D eigenvalue weighted by Gasteiger charge is 2.43. The summed E-state index contributed by atoms with van der Waals surface area (Å²) in [4.78, 5) is 23.7. The molecule has 2 heterocycles. The minimum Gasteiger partial charge on any atom is -0.478 e. The lowest BCUT2D eigenvalue weighted by atomic mass is 9.94. The van der Waals surface area contributed by atoms with Crippen LogP contribution < -0.4 is 11.1 Å². The molecule has 0 bridgehead atoms.